The Labute approximate surface area is 152 Å². The maximum atomic E-state index is 13.1. The van der Waals surface area contributed by atoms with Crippen molar-refractivity contribution in [2.45, 2.75) is 24.6 Å². The number of H-pyrrole nitrogens is 1. The molecule has 0 saturated carbocycles. The van der Waals surface area contributed by atoms with Crippen LogP contribution in [0.1, 0.15) is 24.0 Å². The molecule has 2 aromatic carbocycles. The van der Waals surface area contributed by atoms with Gasteiger partial charge in [-0.25, -0.2) is 0 Å². The number of hydrogen-bond acceptors (Lipinski definition) is 3. The average molecular weight is 371 g/mol. The van der Waals surface area contributed by atoms with Gasteiger partial charge in [-0.3, -0.25) is 4.57 Å². The predicted octanol–water partition coefficient (Wildman–Crippen LogP) is 3.81. The van der Waals surface area contributed by atoms with Gasteiger partial charge in [0.2, 0.25) is 7.37 Å². The van der Waals surface area contributed by atoms with Gasteiger partial charge in [0, 0.05) is 35.2 Å². The summed E-state index contributed by atoms with van der Waals surface area (Å²) in [5.41, 5.74) is 2.11. The molecule has 0 aliphatic heterocycles. The monoisotopic (exact) mass is 371 g/mol. The number of fused-ring (bicyclic) bond motifs is 1. The Morgan fingerprint density at radius 3 is 2.50 bits per heavy atom. The topological polar surface area (TPSA) is 90.4 Å². The second-order valence-corrected chi connectivity index (χ2v) is 9.04. The summed E-state index contributed by atoms with van der Waals surface area (Å²) < 4.78 is 13.1. The molecule has 1 aromatic heterocycles. The number of aldehydes is 1. The fourth-order valence-electron chi connectivity index (χ4n) is 3.29. The highest BCUT2D eigenvalue weighted by Crippen LogP contribution is 2.61. The Hall–Kier alpha value is -2.20. The number of para-hydroxylation sites is 1. The molecule has 26 heavy (non-hydrogen) atoms. The van der Waals surface area contributed by atoms with Crippen LogP contribution in [-0.4, -0.2) is 27.4 Å². The first-order valence-electron chi connectivity index (χ1n) is 8.56. The number of aromatic nitrogens is 1. The van der Waals surface area contributed by atoms with Crippen LogP contribution in [0.4, 0.5) is 0 Å². The van der Waals surface area contributed by atoms with Gasteiger partial charge < -0.3 is 19.8 Å². The molecule has 0 spiro atoms. The maximum absolute atomic E-state index is 13.1. The van der Waals surface area contributed by atoms with E-state index in [-0.39, 0.29) is 6.16 Å². The summed E-state index contributed by atoms with van der Waals surface area (Å²) in [6.45, 7) is 0. The second-order valence-electron chi connectivity index (χ2n) is 6.45. The number of carbonyl (C=O) groups is 1. The van der Waals surface area contributed by atoms with E-state index in [1.165, 1.54) is 6.20 Å². The first-order chi connectivity index (χ1) is 12.5. The molecule has 2 unspecified atom stereocenters. The summed E-state index contributed by atoms with van der Waals surface area (Å²) in [5.74, 6) is 0. The molecule has 3 aromatic rings. The van der Waals surface area contributed by atoms with Crippen molar-refractivity contribution in [3.63, 3.8) is 0 Å². The van der Waals surface area contributed by atoms with Crippen LogP contribution in [0, 0.1) is 0 Å². The molecular weight excluding hydrogens is 349 g/mol. The number of aliphatic hydroxyl groups is 1. The van der Waals surface area contributed by atoms with Gasteiger partial charge in [-0.1, -0.05) is 48.5 Å². The molecule has 0 amide bonds. The largest absolute Gasteiger partial charge is 0.375 e. The smallest absolute Gasteiger partial charge is 0.236 e. The third-order valence-electron chi connectivity index (χ3n) is 4.74. The summed E-state index contributed by atoms with van der Waals surface area (Å²) in [6.07, 6.45) is 2.62. The lowest BCUT2D eigenvalue weighted by molar-refractivity contribution is -0.110. The summed E-state index contributed by atoms with van der Waals surface area (Å²) >= 11 is 0. The Morgan fingerprint density at radius 2 is 1.77 bits per heavy atom. The molecular formula is C20H22NO4P. The number of hydrogen-bond donors (Lipinski definition) is 3. The molecule has 0 bridgehead atoms. The molecule has 5 nitrogen and oxygen atoms in total. The second kappa shape index (κ2) is 7.58. The first kappa shape index (κ1) is 18.6. The Bertz CT molecular complexity index is 937. The van der Waals surface area contributed by atoms with Crippen molar-refractivity contribution in [1.82, 2.24) is 4.98 Å². The average Bonchev–Trinajstić information content (AvgIpc) is 3.07. The lowest BCUT2D eigenvalue weighted by Gasteiger charge is -2.31. The van der Waals surface area contributed by atoms with Gasteiger partial charge in [-0.05, 0) is 24.5 Å². The highest BCUT2D eigenvalue weighted by molar-refractivity contribution is 7.59. The van der Waals surface area contributed by atoms with Gasteiger partial charge in [0.1, 0.15) is 6.29 Å². The minimum Gasteiger partial charge on any atom is -0.375 e. The zero-order valence-corrected chi connectivity index (χ0v) is 15.2. The molecule has 6 heteroatoms. The molecule has 0 aliphatic rings. The van der Waals surface area contributed by atoms with Gasteiger partial charge in [0.25, 0.3) is 0 Å². The highest BCUT2D eigenvalue weighted by Gasteiger charge is 2.47. The fourth-order valence-corrected chi connectivity index (χ4v) is 5.16. The zero-order chi connectivity index (χ0) is 18.6. The standard InChI is InChI=1S/C20H22NO4P/c22-13-12-20(23,18-15-21-19-11-5-4-10-17(18)19)26(24,25)14-6-9-16-7-2-1-3-8-16/h1-5,7-8,10-11,13,15,21,23H,6,9,12,14H2,(H,24,25). The normalized spacial score (nSPS) is 16.1. The third-order valence-corrected chi connectivity index (χ3v) is 7.24. The molecule has 0 saturated heterocycles. The summed E-state index contributed by atoms with van der Waals surface area (Å²) in [4.78, 5) is 24.9. The van der Waals surface area contributed by atoms with Crippen molar-refractivity contribution in [2.24, 2.45) is 0 Å². The quantitative estimate of drug-likeness (QED) is 0.415. The fraction of sp³-hybridized carbons (Fsp3) is 0.250. The lowest BCUT2D eigenvalue weighted by Crippen LogP contribution is -2.27. The van der Waals surface area contributed by atoms with E-state index in [9.17, 15) is 19.4 Å². The molecule has 0 radical (unpaired) electrons. The van der Waals surface area contributed by atoms with Crippen molar-refractivity contribution in [1.29, 1.82) is 0 Å². The van der Waals surface area contributed by atoms with Crippen LogP contribution >= 0.6 is 7.37 Å². The lowest BCUT2D eigenvalue weighted by atomic mass is 10.1. The van der Waals surface area contributed by atoms with Crippen LogP contribution in [0.3, 0.4) is 0 Å². The molecule has 3 N–H and O–H groups in total. The summed E-state index contributed by atoms with van der Waals surface area (Å²) in [5, 5.41) is 9.69. The van der Waals surface area contributed by atoms with E-state index in [0.29, 0.717) is 30.1 Å². The molecule has 136 valence electrons. The van der Waals surface area contributed by atoms with Crippen molar-refractivity contribution in [3.05, 3.63) is 71.9 Å². The van der Waals surface area contributed by atoms with E-state index >= 15 is 0 Å². The molecule has 0 aliphatic carbocycles. The minimum atomic E-state index is -4.06. The predicted molar refractivity (Wildman–Crippen MR) is 102 cm³/mol. The van der Waals surface area contributed by atoms with E-state index in [4.69, 9.17) is 0 Å². The Kier molecular flexibility index (Phi) is 5.42. The van der Waals surface area contributed by atoms with E-state index in [2.05, 4.69) is 4.98 Å². The number of benzene rings is 2. The number of rotatable bonds is 8. The van der Waals surface area contributed by atoms with E-state index in [0.717, 1.165) is 11.1 Å². The number of aromatic amines is 1. The van der Waals surface area contributed by atoms with Crippen LogP contribution < -0.4 is 0 Å². The number of aryl methyl sites for hydroxylation is 1. The van der Waals surface area contributed by atoms with Gasteiger partial charge in [0.05, 0.1) is 0 Å². The van der Waals surface area contributed by atoms with Crippen molar-refractivity contribution in [3.8, 4) is 0 Å². The minimum absolute atomic E-state index is 0.0637. The summed E-state index contributed by atoms with van der Waals surface area (Å²) in [6, 6.07) is 16.9. The van der Waals surface area contributed by atoms with Crippen molar-refractivity contribution < 1.29 is 19.4 Å². The Balaban J connectivity index is 1.87. The van der Waals surface area contributed by atoms with Crippen LogP contribution in [0.2, 0.25) is 0 Å². The van der Waals surface area contributed by atoms with Gasteiger partial charge in [-0.2, -0.15) is 0 Å². The van der Waals surface area contributed by atoms with Crippen LogP contribution in [0.25, 0.3) is 10.9 Å². The zero-order valence-electron chi connectivity index (χ0n) is 14.3. The van der Waals surface area contributed by atoms with Gasteiger partial charge >= 0.3 is 0 Å². The van der Waals surface area contributed by atoms with E-state index < -0.39 is 19.1 Å². The summed E-state index contributed by atoms with van der Waals surface area (Å²) in [7, 11) is -4.06. The van der Waals surface area contributed by atoms with Gasteiger partial charge in [-0.15, -0.1) is 0 Å². The molecule has 1 heterocycles. The SMILES string of the molecule is O=CCC(O)(c1c[nH]c2ccccc12)P(=O)(O)CCCc1ccccc1. The van der Waals surface area contributed by atoms with Crippen molar-refractivity contribution in [2.75, 3.05) is 6.16 Å². The number of carbonyl (C=O) groups excluding carboxylic acids is 1. The Morgan fingerprint density at radius 1 is 1.08 bits per heavy atom. The van der Waals surface area contributed by atoms with Crippen LogP contribution in [0.15, 0.2) is 60.8 Å². The first-order valence-corrected chi connectivity index (χ1v) is 10.4. The molecule has 0 fully saturated rings. The van der Waals surface area contributed by atoms with E-state index in [1.54, 1.807) is 12.1 Å². The van der Waals surface area contributed by atoms with Crippen molar-refractivity contribution >= 4 is 24.6 Å². The number of nitrogens with one attached hydrogen (secondary N) is 1. The van der Waals surface area contributed by atoms with Crippen LogP contribution in [-0.2, 0) is 21.1 Å². The van der Waals surface area contributed by atoms with Crippen LogP contribution in [0.5, 0.6) is 0 Å². The van der Waals surface area contributed by atoms with E-state index in [1.807, 2.05) is 42.5 Å². The third kappa shape index (κ3) is 3.51. The van der Waals surface area contributed by atoms with Gasteiger partial charge in [0.15, 0.2) is 5.34 Å². The molecule has 3 rings (SSSR count). The highest BCUT2D eigenvalue weighted by atomic mass is 31.2. The maximum Gasteiger partial charge on any atom is 0.236 e. The molecule has 2 atom stereocenters.